The highest BCUT2D eigenvalue weighted by molar-refractivity contribution is 6.07. The van der Waals surface area contributed by atoms with Gasteiger partial charge < -0.3 is 15.3 Å². The van der Waals surface area contributed by atoms with Gasteiger partial charge in [0, 0.05) is 11.1 Å². The first-order valence-corrected chi connectivity index (χ1v) is 13.2. The fraction of sp³-hybridized carbons (Fsp3) is 0.333. The number of rotatable bonds is 4. The Hall–Kier alpha value is -3.90. The first kappa shape index (κ1) is 24.4. The fourth-order valence-corrected chi connectivity index (χ4v) is 4.88. The summed E-state index contributed by atoms with van der Waals surface area (Å²) in [5, 5.41) is 32.5. The van der Waals surface area contributed by atoms with E-state index >= 15 is 0 Å². The molecule has 5 heteroatoms. The minimum atomic E-state index is -1.60. The van der Waals surface area contributed by atoms with Crippen LogP contribution in [-0.2, 0) is 9.59 Å². The highest BCUT2D eigenvalue weighted by Crippen LogP contribution is 2.44. The van der Waals surface area contributed by atoms with Crippen LogP contribution in [0.3, 0.4) is 0 Å². The van der Waals surface area contributed by atoms with Crippen molar-refractivity contribution in [2.24, 2.45) is 11.8 Å². The van der Waals surface area contributed by atoms with Crippen molar-refractivity contribution in [1.29, 1.82) is 0 Å². The number of allylic oxidation sites excluding steroid dienone is 5. The van der Waals surface area contributed by atoms with Crippen molar-refractivity contribution in [1.82, 2.24) is 0 Å². The Balaban J connectivity index is 1.37. The third-order valence-electron chi connectivity index (χ3n) is 7.51. The van der Waals surface area contributed by atoms with Gasteiger partial charge in [0.15, 0.2) is 22.8 Å². The summed E-state index contributed by atoms with van der Waals surface area (Å²) >= 11 is 0. The molecule has 0 saturated heterocycles. The maximum Gasteiger partial charge on any atom is 0.181 e. The van der Waals surface area contributed by atoms with Crippen molar-refractivity contribution < 1.29 is 24.9 Å². The second kappa shape index (κ2) is 9.14. The number of carbonyl (C=O) groups is 2. The van der Waals surface area contributed by atoms with Gasteiger partial charge in [-0.05, 0) is 122 Å². The minimum Gasteiger partial charge on any atom is -0.508 e. The van der Waals surface area contributed by atoms with Crippen molar-refractivity contribution in [3.8, 4) is 29.4 Å². The van der Waals surface area contributed by atoms with Gasteiger partial charge in [0.05, 0.1) is 5.57 Å². The average molecular weight is 505 g/mol. The molecule has 2 unspecified atom stereocenters. The van der Waals surface area contributed by atoms with Gasteiger partial charge >= 0.3 is 0 Å². The second-order valence-corrected chi connectivity index (χ2v) is 10.9. The highest BCUT2D eigenvalue weighted by atomic mass is 16.3. The SMILES string of the molecule is O=C1C=CC(O)(C#CC(C#CC2(O)C=CC(=O)C(C3CC3)=C2)=Cc2ccc(O)c(C3CC3)c2)C=C1C1CC1. The van der Waals surface area contributed by atoms with Crippen LogP contribution < -0.4 is 0 Å². The van der Waals surface area contributed by atoms with E-state index in [0.29, 0.717) is 22.6 Å². The van der Waals surface area contributed by atoms with Gasteiger partial charge in [0.1, 0.15) is 5.75 Å². The lowest BCUT2D eigenvalue weighted by molar-refractivity contribution is -0.112. The number of ketones is 2. The molecule has 38 heavy (non-hydrogen) atoms. The molecule has 0 heterocycles. The lowest BCUT2D eigenvalue weighted by Gasteiger charge is -2.19. The summed E-state index contributed by atoms with van der Waals surface area (Å²) in [4.78, 5) is 24.5. The first-order chi connectivity index (χ1) is 18.2. The predicted molar refractivity (Wildman–Crippen MR) is 143 cm³/mol. The van der Waals surface area contributed by atoms with E-state index < -0.39 is 11.2 Å². The molecule has 3 N–H and O–H groups in total. The number of benzene rings is 1. The van der Waals surface area contributed by atoms with Crippen molar-refractivity contribution in [3.05, 3.63) is 82.5 Å². The third kappa shape index (κ3) is 5.36. The van der Waals surface area contributed by atoms with Crippen LogP contribution in [0.2, 0.25) is 0 Å². The summed E-state index contributed by atoms with van der Waals surface area (Å²) in [6, 6.07) is 5.33. The van der Waals surface area contributed by atoms with Crippen molar-refractivity contribution in [3.63, 3.8) is 0 Å². The Morgan fingerprint density at radius 3 is 1.76 bits per heavy atom. The number of hydrogen-bond donors (Lipinski definition) is 3. The van der Waals surface area contributed by atoms with Crippen LogP contribution in [0.15, 0.2) is 71.4 Å². The first-order valence-electron chi connectivity index (χ1n) is 13.2. The van der Waals surface area contributed by atoms with Crippen LogP contribution in [0.1, 0.15) is 55.6 Å². The second-order valence-electron chi connectivity index (χ2n) is 10.9. The standard InChI is InChI=1S/C33H28O5/c34-29-8-1-22(18-26(29)23-2-3-23)17-21(9-13-32(37)15-11-30(35)27(19-32)24-4-5-24)10-14-33(38)16-12-31(36)28(20-33)25-6-7-25/h1,8,11-12,15-20,23-25,34,37-38H,2-7H2. The molecular weight excluding hydrogens is 476 g/mol. The molecule has 3 saturated carbocycles. The van der Waals surface area contributed by atoms with Crippen LogP contribution in [0.25, 0.3) is 6.08 Å². The summed E-state index contributed by atoms with van der Waals surface area (Å²) in [5.74, 6) is 12.4. The molecule has 0 aliphatic heterocycles. The summed E-state index contributed by atoms with van der Waals surface area (Å²) in [6.07, 6.45) is 16.1. The maximum absolute atomic E-state index is 12.2. The molecule has 5 aliphatic rings. The van der Waals surface area contributed by atoms with E-state index in [1.807, 2.05) is 6.07 Å². The smallest absolute Gasteiger partial charge is 0.181 e. The zero-order valence-corrected chi connectivity index (χ0v) is 20.9. The van der Waals surface area contributed by atoms with E-state index in [9.17, 15) is 24.9 Å². The van der Waals surface area contributed by atoms with E-state index in [-0.39, 0.29) is 29.2 Å². The number of carbonyl (C=O) groups excluding carboxylic acids is 2. The van der Waals surface area contributed by atoms with E-state index in [0.717, 1.165) is 49.7 Å². The Labute approximate surface area is 222 Å². The predicted octanol–water partition coefficient (Wildman–Crippen LogP) is 4.07. The number of aliphatic hydroxyl groups is 2. The fourth-order valence-electron chi connectivity index (χ4n) is 4.88. The summed E-state index contributed by atoms with van der Waals surface area (Å²) in [6.45, 7) is 0. The summed E-state index contributed by atoms with van der Waals surface area (Å²) in [5.41, 5.74) is -0.00298. The number of aromatic hydroxyl groups is 1. The Bertz CT molecular complexity index is 1430. The molecule has 0 radical (unpaired) electrons. The molecule has 3 fully saturated rings. The van der Waals surface area contributed by atoms with Crippen molar-refractivity contribution in [2.75, 3.05) is 0 Å². The highest BCUT2D eigenvalue weighted by Gasteiger charge is 2.36. The summed E-state index contributed by atoms with van der Waals surface area (Å²) in [7, 11) is 0. The van der Waals surface area contributed by atoms with Crippen LogP contribution in [-0.4, -0.2) is 38.1 Å². The van der Waals surface area contributed by atoms with E-state index in [1.54, 1.807) is 18.2 Å². The lowest BCUT2D eigenvalue weighted by Crippen LogP contribution is -2.26. The molecular formula is C33H28O5. The van der Waals surface area contributed by atoms with Crippen molar-refractivity contribution >= 4 is 17.6 Å². The molecule has 5 nitrogen and oxygen atoms in total. The number of phenolic OH excluding ortho intramolecular Hbond substituents is 1. The maximum atomic E-state index is 12.2. The van der Waals surface area contributed by atoms with Gasteiger partial charge in [-0.2, -0.15) is 0 Å². The topological polar surface area (TPSA) is 94.8 Å². The molecule has 5 aliphatic carbocycles. The third-order valence-corrected chi connectivity index (χ3v) is 7.51. The van der Waals surface area contributed by atoms with Crippen molar-refractivity contribution in [2.45, 2.75) is 55.6 Å². The molecule has 0 aromatic heterocycles. The largest absolute Gasteiger partial charge is 0.508 e. The number of hydrogen-bond acceptors (Lipinski definition) is 5. The van der Waals surface area contributed by atoms with E-state index in [1.165, 1.54) is 36.5 Å². The monoisotopic (exact) mass is 504 g/mol. The Morgan fingerprint density at radius 1 is 0.789 bits per heavy atom. The molecule has 6 rings (SSSR count). The van der Waals surface area contributed by atoms with Crippen LogP contribution in [0.5, 0.6) is 5.75 Å². The van der Waals surface area contributed by atoms with E-state index in [4.69, 9.17) is 0 Å². The molecule has 1 aromatic rings. The summed E-state index contributed by atoms with van der Waals surface area (Å²) < 4.78 is 0. The molecule has 1 aromatic carbocycles. The zero-order chi connectivity index (χ0) is 26.5. The molecule has 0 spiro atoms. The van der Waals surface area contributed by atoms with Crippen LogP contribution in [0.4, 0.5) is 0 Å². The van der Waals surface area contributed by atoms with Gasteiger partial charge in [0.2, 0.25) is 0 Å². The van der Waals surface area contributed by atoms with Gasteiger partial charge in [-0.3, -0.25) is 9.59 Å². The molecule has 0 amide bonds. The van der Waals surface area contributed by atoms with Gasteiger partial charge in [-0.15, -0.1) is 0 Å². The molecule has 190 valence electrons. The van der Waals surface area contributed by atoms with Gasteiger partial charge in [-0.25, -0.2) is 0 Å². The van der Waals surface area contributed by atoms with Crippen LogP contribution >= 0.6 is 0 Å². The Kier molecular flexibility index (Phi) is 5.88. The van der Waals surface area contributed by atoms with E-state index in [2.05, 4.69) is 23.7 Å². The van der Waals surface area contributed by atoms with Gasteiger partial charge in [-0.1, -0.05) is 29.7 Å². The van der Waals surface area contributed by atoms with Crippen LogP contribution in [0, 0.1) is 35.5 Å². The normalized spacial score (nSPS) is 27.9. The molecule has 2 atom stereocenters. The zero-order valence-electron chi connectivity index (χ0n) is 20.9. The lowest BCUT2D eigenvalue weighted by atomic mass is 9.89. The molecule has 0 bridgehead atoms. The minimum absolute atomic E-state index is 0.0923. The average Bonchev–Trinajstić information content (AvgIpc) is 3.75. The van der Waals surface area contributed by atoms with Gasteiger partial charge in [0.25, 0.3) is 0 Å². The quantitative estimate of drug-likeness (QED) is 0.538. The Morgan fingerprint density at radius 2 is 1.29 bits per heavy atom. The number of phenols is 1.